The topological polar surface area (TPSA) is 86.8 Å². The summed E-state index contributed by atoms with van der Waals surface area (Å²) in [6.07, 6.45) is -1.99. The van der Waals surface area contributed by atoms with Crippen molar-refractivity contribution in [1.29, 1.82) is 0 Å². The van der Waals surface area contributed by atoms with Gasteiger partial charge in [0.2, 0.25) is 21.8 Å². The first-order valence-corrected chi connectivity index (χ1v) is 13.5. The Morgan fingerprint density at radius 2 is 1.69 bits per heavy atom. The number of hydrogen-bond donors (Lipinski definition) is 1. The largest absolute Gasteiger partial charge is 0.416 e. The molecule has 2 aromatic rings. The van der Waals surface area contributed by atoms with Crippen LogP contribution in [-0.2, 0) is 32.3 Å². The monoisotopic (exact) mass is 527 g/mol. The minimum absolute atomic E-state index is 0.0274. The molecule has 36 heavy (non-hydrogen) atoms. The second-order valence-corrected chi connectivity index (χ2v) is 10.3. The zero-order valence-electron chi connectivity index (χ0n) is 20.6. The third kappa shape index (κ3) is 8.25. The van der Waals surface area contributed by atoms with Crippen molar-refractivity contribution in [3.05, 3.63) is 65.7 Å². The molecule has 0 bridgehead atoms. The lowest BCUT2D eigenvalue weighted by Crippen LogP contribution is -2.52. The maximum atomic E-state index is 13.5. The van der Waals surface area contributed by atoms with E-state index in [1.807, 2.05) is 6.92 Å². The molecule has 2 amide bonds. The predicted molar refractivity (Wildman–Crippen MR) is 133 cm³/mol. The number of nitrogens with zero attached hydrogens (tertiary/aromatic N) is 2. The zero-order valence-corrected chi connectivity index (χ0v) is 21.4. The van der Waals surface area contributed by atoms with Crippen molar-refractivity contribution < 1.29 is 31.2 Å². The van der Waals surface area contributed by atoms with Crippen LogP contribution in [0.5, 0.6) is 0 Å². The van der Waals surface area contributed by atoms with Crippen molar-refractivity contribution in [3.8, 4) is 0 Å². The summed E-state index contributed by atoms with van der Waals surface area (Å²) in [7, 11) is -4.13. The first-order valence-electron chi connectivity index (χ1n) is 11.6. The van der Waals surface area contributed by atoms with Gasteiger partial charge in [-0.3, -0.25) is 13.9 Å². The van der Waals surface area contributed by atoms with Crippen molar-refractivity contribution in [2.45, 2.75) is 51.9 Å². The summed E-state index contributed by atoms with van der Waals surface area (Å²) in [6, 6.07) is 11.8. The standard InChI is InChI=1S/C25H32F3N3O4S/c1-4-6-15-29-24(33)22(5-2)30(17-19-11-8-7-9-12-19)23(32)18-31(36(3,34)35)21-14-10-13-20(16-21)25(26,27)28/h7-14,16,22H,4-6,15,17-18H2,1-3H3,(H,29,33)/t22-/m1/s1. The summed E-state index contributed by atoms with van der Waals surface area (Å²) in [5.41, 5.74) is -0.611. The average Bonchev–Trinajstić information content (AvgIpc) is 2.82. The van der Waals surface area contributed by atoms with Gasteiger partial charge in [-0.25, -0.2) is 8.42 Å². The number of unbranched alkanes of at least 4 members (excludes halogenated alkanes) is 1. The Hall–Kier alpha value is -3.08. The lowest BCUT2D eigenvalue weighted by atomic mass is 10.1. The highest BCUT2D eigenvalue weighted by Crippen LogP contribution is 2.32. The molecule has 7 nitrogen and oxygen atoms in total. The van der Waals surface area contributed by atoms with Crippen molar-refractivity contribution in [2.75, 3.05) is 23.7 Å². The van der Waals surface area contributed by atoms with Gasteiger partial charge in [0.25, 0.3) is 0 Å². The zero-order chi connectivity index (χ0) is 26.9. The van der Waals surface area contributed by atoms with Crippen LogP contribution in [0.1, 0.15) is 44.2 Å². The number of amides is 2. The summed E-state index contributed by atoms with van der Waals surface area (Å²) in [4.78, 5) is 27.7. The number of sulfonamides is 1. The fraction of sp³-hybridized carbons (Fsp3) is 0.440. The van der Waals surface area contributed by atoms with Crippen molar-refractivity contribution in [2.24, 2.45) is 0 Å². The number of halogens is 3. The van der Waals surface area contributed by atoms with Gasteiger partial charge in [-0.1, -0.05) is 56.7 Å². The molecular weight excluding hydrogens is 495 g/mol. The van der Waals surface area contributed by atoms with E-state index in [0.29, 0.717) is 16.9 Å². The predicted octanol–water partition coefficient (Wildman–Crippen LogP) is 4.20. The summed E-state index contributed by atoms with van der Waals surface area (Å²) >= 11 is 0. The van der Waals surface area contributed by atoms with E-state index in [1.54, 1.807) is 37.3 Å². The van der Waals surface area contributed by atoms with Crippen LogP contribution >= 0.6 is 0 Å². The van der Waals surface area contributed by atoms with Crippen LogP contribution in [0.2, 0.25) is 0 Å². The third-order valence-corrected chi connectivity index (χ3v) is 6.69. The number of carbonyl (C=O) groups is 2. The summed E-state index contributed by atoms with van der Waals surface area (Å²) < 4.78 is 65.5. The van der Waals surface area contributed by atoms with Crippen LogP contribution in [0.25, 0.3) is 0 Å². The molecule has 0 radical (unpaired) electrons. The molecule has 11 heteroatoms. The summed E-state index contributed by atoms with van der Waals surface area (Å²) in [5, 5.41) is 2.81. The highest BCUT2D eigenvalue weighted by atomic mass is 32.2. The number of hydrogen-bond acceptors (Lipinski definition) is 4. The Bertz CT molecular complexity index is 1120. The molecule has 0 unspecified atom stereocenters. The molecule has 1 atom stereocenters. The number of rotatable bonds is 12. The Kier molecular flexibility index (Phi) is 10.3. The Balaban J connectivity index is 2.43. The molecule has 0 aliphatic carbocycles. The molecule has 0 heterocycles. The molecule has 1 N–H and O–H groups in total. The minimum Gasteiger partial charge on any atom is -0.354 e. The fourth-order valence-electron chi connectivity index (χ4n) is 3.66. The van der Waals surface area contributed by atoms with Gasteiger partial charge >= 0.3 is 6.18 Å². The van der Waals surface area contributed by atoms with Crippen molar-refractivity contribution in [3.63, 3.8) is 0 Å². The molecule has 2 rings (SSSR count). The van der Waals surface area contributed by atoms with Crippen LogP contribution in [0.4, 0.5) is 18.9 Å². The molecule has 0 spiro atoms. The van der Waals surface area contributed by atoms with Gasteiger partial charge < -0.3 is 10.2 Å². The van der Waals surface area contributed by atoms with Crippen LogP contribution < -0.4 is 9.62 Å². The Labute approximate surface area is 210 Å². The number of carbonyl (C=O) groups excluding carboxylic acids is 2. The van der Waals surface area contributed by atoms with Gasteiger partial charge in [0, 0.05) is 13.1 Å². The highest BCUT2D eigenvalue weighted by Gasteiger charge is 2.34. The molecule has 2 aromatic carbocycles. The molecule has 198 valence electrons. The molecule has 0 saturated heterocycles. The van der Waals surface area contributed by atoms with Crippen molar-refractivity contribution in [1.82, 2.24) is 10.2 Å². The van der Waals surface area contributed by atoms with Gasteiger partial charge in [0.1, 0.15) is 12.6 Å². The number of nitrogens with one attached hydrogen (secondary N) is 1. The van der Waals surface area contributed by atoms with Gasteiger partial charge in [-0.05, 0) is 36.6 Å². The molecule has 0 aromatic heterocycles. The molecule has 0 aliphatic rings. The first-order chi connectivity index (χ1) is 16.9. The maximum absolute atomic E-state index is 13.5. The third-order valence-electron chi connectivity index (χ3n) is 5.55. The summed E-state index contributed by atoms with van der Waals surface area (Å²) in [6.45, 7) is 3.41. The van der Waals surface area contributed by atoms with Crippen LogP contribution in [0, 0.1) is 0 Å². The second kappa shape index (κ2) is 12.8. The number of alkyl halides is 3. The lowest BCUT2D eigenvalue weighted by molar-refractivity contribution is -0.140. The van der Waals surface area contributed by atoms with E-state index >= 15 is 0 Å². The van der Waals surface area contributed by atoms with E-state index in [1.165, 1.54) is 11.0 Å². The quantitative estimate of drug-likeness (QED) is 0.420. The smallest absolute Gasteiger partial charge is 0.354 e. The van der Waals surface area contributed by atoms with Crippen LogP contribution in [-0.4, -0.2) is 50.5 Å². The Morgan fingerprint density at radius 1 is 1.03 bits per heavy atom. The van der Waals surface area contributed by atoms with E-state index in [4.69, 9.17) is 0 Å². The SMILES string of the molecule is CCCCNC(=O)[C@@H](CC)N(Cc1ccccc1)C(=O)CN(c1cccc(C(F)(F)F)c1)S(C)(=O)=O. The van der Waals surface area contributed by atoms with Gasteiger partial charge in [-0.15, -0.1) is 0 Å². The average molecular weight is 528 g/mol. The van der Waals surface area contributed by atoms with Gasteiger partial charge in [-0.2, -0.15) is 13.2 Å². The van der Waals surface area contributed by atoms with Crippen LogP contribution in [0.15, 0.2) is 54.6 Å². The summed E-state index contributed by atoms with van der Waals surface area (Å²) in [5.74, 6) is -1.08. The Morgan fingerprint density at radius 3 is 2.25 bits per heavy atom. The van der Waals surface area contributed by atoms with Crippen molar-refractivity contribution >= 4 is 27.5 Å². The minimum atomic E-state index is -4.69. The molecule has 0 aliphatic heterocycles. The highest BCUT2D eigenvalue weighted by molar-refractivity contribution is 7.92. The fourth-order valence-corrected chi connectivity index (χ4v) is 4.50. The first kappa shape index (κ1) is 29.2. The number of benzene rings is 2. The number of anilines is 1. The lowest BCUT2D eigenvalue weighted by Gasteiger charge is -2.33. The van der Waals surface area contributed by atoms with E-state index in [2.05, 4.69) is 5.32 Å². The van der Waals surface area contributed by atoms with E-state index in [-0.39, 0.29) is 24.6 Å². The van der Waals surface area contributed by atoms with E-state index in [9.17, 15) is 31.2 Å². The van der Waals surface area contributed by atoms with Gasteiger partial charge in [0.15, 0.2) is 0 Å². The molecular formula is C25H32F3N3O4S. The molecule has 0 saturated carbocycles. The van der Waals surface area contributed by atoms with E-state index < -0.39 is 40.3 Å². The molecule has 0 fully saturated rings. The van der Waals surface area contributed by atoms with Gasteiger partial charge in [0.05, 0.1) is 17.5 Å². The van der Waals surface area contributed by atoms with E-state index in [0.717, 1.165) is 36.8 Å². The maximum Gasteiger partial charge on any atom is 0.416 e. The normalized spacial score (nSPS) is 12.6. The second-order valence-electron chi connectivity index (χ2n) is 8.39. The van der Waals surface area contributed by atoms with Crippen LogP contribution in [0.3, 0.4) is 0 Å².